The normalized spacial score (nSPS) is 16.9. The SMILES string of the molecule is CCCc1noc(C(C)SC2=N/C(=C\c3ccc4c(c3)OCO4)C(=O)N2c2ccc(C)cc2)n1. The zero-order valence-corrected chi connectivity index (χ0v) is 20.0. The van der Waals surface area contributed by atoms with E-state index in [1.165, 1.54) is 11.8 Å². The average molecular weight is 477 g/mol. The number of fused-ring (bicyclic) bond motifs is 1. The molecule has 9 heteroatoms. The fraction of sp³-hybridized carbons (Fsp3) is 0.280. The average Bonchev–Trinajstić information content (AvgIpc) is 3.55. The summed E-state index contributed by atoms with van der Waals surface area (Å²) in [5, 5.41) is 4.43. The van der Waals surface area contributed by atoms with Crippen molar-refractivity contribution >= 4 is 34.6 Å². The maximum absolute atomic E-state index is 13.5. The molecule has 174 valence electrons. The Morgan fingerprint density at radius 3 is 2.74 bits per heavy atom. The van der Waals surface area contributed by atoms with Crippen LogP contribution in [0.1, 0.15) is 48.4 Å². The standard InChI is InChI=1S/C25H24N4O4S/c1-4-5-22-27-23(33-28-22)16(3)34-25-26-19(12-17-8-11-20-21(13-17)32-14-31-20)24(30)29(25)18-9-6-15(2)7-10-18/h6-13,16H,4-5,14H2,1-3H3/b19-12-. The molecule has 0 N–H and O–H groups in total. The number of nitrogens with zero attached hydrogens (tertiary/aromatic N) is 4. The van der Waals surface area contributed by atoms with Gasteiger partial charge in [-0.05, 0) is 56.2 Å². The number of anilines is 1. The summed E-state index contributed by atoms with van der Waals surface area (Å²) in [7, 11) is 0. The molecular weight excluding hydrogens is 452 g/mol. The first-order valence-electron chi connectivity index (χ1n) is 11.1. The lowest BCUT2D eigenvalue weighted by Crippen LogP contribution is -2.30. The molecule has 1 atom stereocenters. The van der Waals surface area contributed by atoms with Gasteiger partial charge in [-0.15, -0.1) is 0 Å². The second-order valence-corrected chi connectivity index (χ2v) is 9.38. The van der Waals surface area contributed by atoms with Crippen LogP contribution < -0.4 is 14.4 Å². The lowest BCUT2D eigenvalue weighted by atomic mass is 10.1. The zero-order chi connectivity index (χ0) is 23.7. The van der Waals surface area contributed by atoms with Gasteiger partial charge in [-0.25, -0.2) is 4.99 Å². The number of aliphatic imine (C=N–C) groups is 1. The predicted molar refractivity (Wildman–Crippen MR) is 131 cm³/mol. The molecule has 8 nitrogen and oxygen atoms in total. The Labute approximate surface area is 201 Å². The van der Waals surface area contributed by atoms with E-state index in [9.17, 15) is 4.79 Å². The van der Waals surface area contributed by atoms with Crippen LogP contribution in [0, 0.1) is 6.92 Å². The van der Waals surface area contributed by atoms with Crippen LogP contribution in [-0.4, -0.2) is 28.0 Å². The van der Waals surface area contributed by atoms with Crippen LogP contribution in [-0.2, 0) is 11.2 Å². The first-order valence-corrected chi connectivity index (χ1v) is 12.0. The predicted octanol–water partition coefficient (Wildman–Crippen LogP) is 5.30. The minimum Gasteiger partial charge on any atom is -0.454 e. The fourth-order valence-corrected chi connectivity index (χ4v) is 4.58. The van der Waals surface area contributed by atoms with E-state index in [1.54, 1.807) is 11.0 Å². The van der Waals surface area contributed by atoms with E-state index >= 15 is 0 Å². The summed E-state index contributed by atoms with van der Waals surface area (Å²) in [6.07, 6.45) is 3.46. The molecule has 2 aromatic carbocycles. The number of aryl methyl sites for hydroxylation is 2. The molecular formula is C25H24N4O4S. The smallest absolute Gasteiger partial charge is 0.283 e. The minimum absolute atomic E-state index is 0.178. The number of rotatable bonds is 6. The molecule has 0 fully saturated rings. The van der Waals surface area contributed by atoms with Gasteiger partial charge in [0, 0.05) is 6.42 Å². The Hall–Kier alpha value is -3.59. The Balaban J connectivity index is 1.47. The molecule has 34 heavy (non-hydrogen) atoms. The number of ether oxygens (including phenoxy) is 2. The van der Waals surface area contributed by atoms with Gasteiger partial charge >= 0.3 is 0 Å². The number of carbonyl (C=O) groups excluding carboxylic acids is 1. The highest BCUT2D eigenvalue weighted by molar-refractivity contribution is 8.14. The van der Waals surface area contributed by atoms with Crippen molar-refractivity contribution in [1.82, 2.24) is 10.1 Å². The Morgan fingerprint density at radius 1 is 1.15 bits per heavy atom. The number of amidine groups is 1. The largest absolute Gasteiger partial charge is 0.454 e. The summed E-state index contributed by atoms with van der Waals surface area (Å²) < 4.78 is 16.3. The van der Waals surface area contributed by atoms with Crippen molar-refractivity contribution < 1.29 is 18.8 Å². The number of amides is 1. The molecule has 1 unspecified atom stereocenters. The molecule has 0 saturated carbocycles. The van der Waals surface area contributed by atoms with Crippen LogP contribution in [0.5, 0.6) is 11.5 Å². The van der Waals surface area contributed by atoms with Gasteiger partial charge in [-0.3, -0.25) is 9.69 Å². The van der Waals surface area contributed by atoms with Crippen molar-refractivity contribution in [1.29, 1.82) is 0 Å². The zero-order valence-electron chi connectivity index (χ0n) is 19.1. The monoisotopic (exact) mass is 476 g/mol. The van der Waals surface area contributed by atoms with Crippen molar-refractivity contribution in [3.8, 4) is 11.5 Å². The van der Waals surface area contributed by atoms with E-state index < -0.39 is 0 Å². The summed E-state index contributed by atoms with van der Waals surface area (Å²) in [6.45, 7) is 6.24. The number of carbonyl (C=O) groups is 1. The molecule has 1 amide bonds. The van der Waals surface area contributed by atoms with Crippen molar-refractivity contribution in [2.24, 2.45) is 4.99 Å². The highest BCUT2D eigenvalue weighted by Gasteiger charge is 2.34. The Morgan fingerprint density at radius 2 is 1.94 bits per heavy atom. The van der Waals surface area contributed by atoms with Crippen molar-refractivity contribution in [2.45, 2.75) is 38.9 Å². The molecule has 2 aliphatic rings. The topological polar surface area (TPSA) is 90.1 Å². The summed E-state index contributed by atoms with van der Waals surface area (Å²) in [5.74, 6) is 2.35. The highest BCUT2D eigenvalue weighted by Crippen LogP contribution is 2.37. The number of aromatic nitrogens is 2. The summed E-state index contributed by atoms with van der Waals surface area (Å²) in [6, 6.07) is 13.3. The van der Waals surface area contributed by atoms with Crippen molar-refractivity contribution in [2.75, 3.05) is 11.7 Å². The van der Waals surface area contributed by atoms with E-state index in [1.807, 2.05) is 56.3 Å². The third-order valence-electron chi connectivity index (χ3n) is 5.41. The molecule has 3 aromatic rings. The molecule has 5 rings (SSSR count). The van der Waals surface area contributed by atoms with Crippen molar-refractivity contribution in [3.63, 3.8) is 0 Å². The lowest BCUT2D eigenvalue weighted by Gasteiger charge is -2.19. The molecule has 0 radical (unpaired) electrons. The molecule has 0 aliphatic carbocycles. The van der Waals surface area contributed by atoms with Crippen LogP contribution in [0.3, 0.4) is 0 Å². The molecule has 3 heterocycles. The maximum atomic E-state index is 13.5. The number of hydrogen-bond donors (Lipinski definition) is 0. The second kappa shape index (κ2) is 9.34. The van der Waals surface area contributed by atoms with Crippen LogP contribution >= 0.6 is 11.8 Å². The number of benzene rings is 2. The van der Waals surface area contributed by atoms with Crippen molar-refractivity contribution in [3.05, 3.63) is 71.0 Å². The lowest BCUT2D eigenvalue weighted by molar-refractivity contribution is -0.113. The van der Waals surface area contributed by atoms with Gasteiger partial charge in [0.2, 0.25) is 12.7 Å². The van der Waals surface area contributed by atoms with Crippen LogP contribution in [0.25, 0.3) is 6.08 Å². The van der Waals surface area contributed by atoms with Gasteiger partial charge in [-0.2, -0.15) is 4.98 Å². The number of thioether (sulfide) groups is 1. The van der Waals surface area contributed by atoms with Crippen LogP contribution in [0.4, 0.5) is 5.69 Å². The summed E-state index contributed by atoms with van der Waals surface area (Å²) >= 11 is 1.41. The summed E-state index contributed by atoms with van der Waals surface area (Å²) in [5.41, 5.74) is 3.01. The molecule has 2 aliphatic heterocycles. The van der Waals surface area contributed by atoms with Crippen LogP contribution in [0.2, 0.25) is 0 Å². The highest BCUT2D eigenvalue weighted by atomic mass is 32.2. The minimum atomic E-state index is -0.201. The van der Waals surface area contributed by atoms with E-state index in [2.05, 4.69) is 17.1 Å². The van der Waals surface area contributed by atoms with E-state index in [0.717, 1.165) is 29.7 Å². The Bertz CT molecular complexity index is 1280. The molecule has 0 saturated heterocycles. The van der Waals surface area contributed by atoms with E-state index in [0.29, 0.717) is 34.1 Å². The number of hydrogen-bond acceptors (Lipinski definition) is 8. The quantitative estimate of drug-likeness (QED) is 0.446. The molecule has 0 bridgehead atoms. The van der Waals surface area contributed by atoms with E-state index in [-0.39, 0.29) is 18.0 Å². The van der Waals surface area contributed by atoms with Crippen LogP contribution in [0.15, 0.2) is 57.7 Å². The third-order valence-corrected chi connectivity index (χ3v) is 6.45. The fourth-order valence-electron chi connectivity index (χ4n) is 3.62. The van der Waals surface area contributed by atoms with E-state index in [4.69, 9.17) is 19.0 Å². The molecule has 1 aromatic heterocycles. The maximum Gasteiger partial charge on any atom is 0.283 e. The van der Waals surface area contributed by atoms with Gasteiger partial charge in [0.25, 0.3) is 5.91 Å². The summed E-state index contributed by atoms with van der Waals surface area (Å²) in [4.78, 5) is 24.3. The van der Waals surface area contributed by atoms with Gasteiger partial charge < -0.3 is 14.0 Å². The second-order valence-electron chi connectivity index (χ2n) is 8.07. The van der Waals surface area contributed by atoms with Gasteiger partial charge in [0.15, 0.2) is 22.5 Å². The Kier molecular flexibility index (Phi) is 6.10. The first kappa shape index (κ1) is 22.2. The first-order chi connectivity index (χ1) is 16.5. The van der Waals surface area contributed by atoms with Gasteiger partial charge in [0.1, 0.15) is 5.70 Å². The van der Waals surface area contributed by atoms with Gasteiger partial charge in [0.05, 0.1) is 10.9 Å². The molecule has 0 spiro atoms. The third kappa shape index (κ3) is 4.43. The van der Waals surface area contributed by atoms with Gasteiger partial charge in [-0.1, -0.05) is 47.6 Å².